The highest BCUT2D eigenvalue weighted by Gasteiger charge is 2.50. The van der Waals surface area contributed by atoms with E-state index >= 15 is 0 Å². The number of carboxylic acid groups (broad SMARTS) is 2. The molecule has 10 nitrogen and oxygen atoms in total. The third-order valence-electron chi connectivity index (χ3n) is 17.3. The predicted octanol–water partition coefficient (Wildman–Crippen LogP) is 14.4. The van der Waals surface area contributed by atoms with Gasteiger partial charge in [-0.05, 0) is 112 Å². The van der Waals surface area contributed by atoms with E-state index in [9.17, 15) is 29.4 Å². The number of amides is 1. The summed E-state index contributed by atoms with van der Waals surface area (Å²) in [6.07, 6.45) is 16.8. The second kappa shape index (κ2) is 23.1. The molecule has 2 atom stereocenters. The molecule has 6 aromatic rings. The SMILES string of the molecule is CCCCC1(CCCC)c2cc(CC(=O)CN3C(=O)/C(=C\C=C4/N(C)c5ccc6ccccc6c5C4(C)Cc4ccccc4)SC3=S)ccc2N(CCC(=O)O)C1/C=C/C=C1/N(CCC(=O)O)c2ccc3ccccc3c2C1(C)C. The Morgan fingerprint density at radius 1 is 0.675 bits per heavy atom. The maximum absolute atomic E-state index is 14.3. The first-order valence-electron chi connectivity index (χ1n) is 28.3. The number of unbranched alkanes of at least 4 members (excludes halogenated alkanes) is 2. The average molecular weight is 1110 g/mol. The van der Waals surface area contributed by atoms with Crippen LogP contribution in [0.5, 0.6) is 0 Å². The smallest absolute Gasteiger partial charge is 0.305 e. The van der Waals surface area contributed by atoms with Crippen LogP contribution in [0.15, 0.2) is 168 Å². The number of carboxylic acids is 2. The van der Waals surface area contributed by atoms with Crippen LogP contribution in [0.4, 0.5) is 17.1 Å². The largest absolute Gasteiger partial charge is 0.481 e. The molecule has 10 rings (SSSR count). The molecule has 0 spiro atoms. The van der Waals surface area contributed by atoms with Crippen LogP contribution in [0.3, 0.4) is 0 Å². The summed E-state index contributed by atoms with van der Waals surface area (Å²) in [7, 11) is 2.09. The highest BCUT2D eigenvalue weighted by atomic mass is 32.2. The molecule has 4 aliphatic heterocycles. The molecule has 0 aliphatic carbocycles. The zero-order chi connectivity index (χ0) is 56.5. The molecular formula is C68H72N4O6S2. The molecule has 2 N–H and O–H groups in total. The summed E-state index contributed by atoms with van der Waals surface area (Å²) in [4.78, 5) is 61.6. The number of benzene rings is 6. The summed E-state index contributed by atoms with van der Waals surface area (Å²) < 4.78 is 0.350. The van der Waals surface area contributed by atoms with Gasteiger partial charge in [0.05, 0.1) is 30.3 Å². The molecule has 80 heavy (non-hydrogen) atoms. The van der Waals surface area contributed by atoms with Crippen molar-refractivity contribution < 1.29 is 29.4 Å². The second-order valence-corrected chi connectivity index (χ2v) is 24.5. The number of Topliss-reactive ketones (excluding diaryl/α,β-unsaturated/α-hetero) is 1. The fourth-order valence-electron chi connectivity index (χ4n) is 13.6. The molecule has 0 saturated carbocycles. The lowest BCUT2D eigenvalue weighted by molar-refractivity contribution is -0.137. The number of hydrogen-bond acceptors (Lipinski definition) is 9. The van der Waals surface area contributed by atoms with Gasteiger partial charge in [-0.25, -0.2) is 0 Å². The quantitative estimate of drug-likeness (QED) is 0.0529. The number of thioether (sulfide) groups is 1. The van der Waals surface area contributed by atoms with Crippen LogP contribution in [0.25, 0.3) is 21.5 Å². The zero-order valence-corrected chi connectivity index (χ0v) is 48.5. The molecule has 0 aromatic heterocycles. The van der Waals surface area contributed by atoms with Gasteiger partial charge >= 0.3 is 11.9 Å². The van der Waals surface area contributed by atoms with Crippen molar-refractivity contribution in [1.82, 2.24) is 4.90 Å². The van der Waals surface area contributed by atoms with E-state index in [1.165, 1.54) is 44.1 Å². The Balaban J connectivity index is 0.939. The van der Waals surface area contributed by atoms with E-state index in [2.05, 4.69) is 178 Å². The number of carbonyl (C=O) groups is 4. The maximum Gasteiger partial charge on any atom is 0.305 e. The Morgan fingerprint density at radius 3 is 1.95 bits per heavy atom. The van der Waals surface area contributed by atoms with Gasteiger partial charge < -0.3 is 24.9 Å². The van der Waals surface area contributed by atoms with E-state index in [-0.39, 0.29) is 43.5 Å². The number of likely N-dealkylation sites (N-methyl/N-ethyl adjacent to an activating group) is 1. The minimum Gasteiger partial charge on any atom is -0.481 e. The van der Waals surface area contributed by atoms with Crippen LogP contribution >= 0.6 is 24.0 Å². The summed E-state index contributed by atoms with van der Waals surface area (Å²) in [5, 5.41) is 24.7. The van der Waals surface area contributed by atoms with Crippen LogP contribution < -0.4 is 14.7 Å². The molecule has 1 amide bonds. The van der Waals surface area contributed by atoms with E-state index in [0.717, 1.165) is 95.3 Å². The first-order valence-corrected chi connectivity index (χ1v) is 29.5. The van der Waals surface area contributed by atoms with E-state index in [0.29, 0.717) is 22.3 Å². The van der Waals surface area contributed by atoms with E-state index in [1.807, 2.05) is 30.3 Å². The van der Waals surface area contributed by atoms with Crippen molar-refractivity contribution >= 4 is 90.5 Å². The monoisotopic (exact) mass is 1100 g/mol. The van der Waals surface area contributed by atoms with Gasteiger partial charge in [-0.15, -0.1) is 0 Å². The van der Waals surface area contributed by atoms with E-state index in [1.54, 1.807) is 0 Å². The number of fused-ring (bicyclic) bond motifs is 7. The van der Waals surface area contributed by atoms with Crippen LogP contribution in [0, 0.1) is 0 Å². The number of ketones is 1. The van der Waals surface area contributed by atoms with Crippen LogP contribution in [-0.4, -0.2) is 75.8 Å². The first-order chi connectivity index (χ1) is 38.5. The van der Waals surface area contributed by atoms with Gasteiger partial charge in [0.2, 0.25) is 0 Å². The van der Waals surface area contributed by atoms with Crippen molar-refractivity contribution in [2.24, 2.45) is 0 Å². The lowest BCUT2D eigenvalue weighted by Gasteiger charge is -2.38. The van der Waals surface area contributed by atoms with Crippen molar-refractivity contribution in [3.8, 4) is 0 Å². The van der Waals surface area contributed by atoms with Crippen LogP contribution in [0.2, 0.25) is 0 Å². The lowest BCUT2D eigenvalue weighted by atomic mass is 9.69. The van der Waals surface area contributed by atoms with Crippen LogP contribution in [0.1, 0.15) is 114 Å². The first kappa shape index (κ1) is 56.0. The van der Waals surface area contributed by atoms with Gasteiger partial charge in [0.25, 0.3) is 5.91 Å². The highest BCUT2D eigenvalue weighted by molar-refractivity contribution is 8.26. The summed E-state index contributed by atoms with van der Waals surface area (Å²) in [6, 6.07) is 41.9. The average Bonchev–Trinajstić information content (AvgIpc) is 4.26. The topological polar surface area (TPSA) is 122 Å². The number of rotatable bonds is 21. The number of nitrogens with zero attached hydrogens (tertiary/aromatic N) is 4. The van der Waals surface area contributed by atoms with Crippen molar-refractivity contribution in [3.05, 3.63) is 196 Å². The Hall–Kier alpha value is -7.28. The summed E-state index contributed by atoms with van der Waals surface area (Å²) in [5.74, 6) is -2.15. The molecule has 2 unspecified atom stereocenters. The molecule has 1 saturated heterocycles. The molecule has 0 radical (unpaired) electrons. The third kappa shape index (κ3) is 10.4. The Bertz CT molecular complexity index is 3550. The Labute approximate surface area is 480 Å². The molecule has 4 heterocycles. The number of anilines is 3. The van der Waals surface area contributed by atoms with Gasteiger partial charge in [-0.2, -0.15) is 0 Å². The van der Waals surface area contributed by atoms with Gasteiger partial charge in [0, 0.05) is 71.3 Å². The fourth-order valence-corrected chi connectivity index (χ4v) is 14.8. The predicted molar refractivity (Wildman–Crippen MR) is 331 cm³/mol. The highest BCUT2D eigenvalue weighted by Crippen LogP contribution is 2.55. The molecular weight excluding hydrogens is 1030 g/mol. The normalized spacial score (nSPS) is 20.6. The molecule has 6 aromatic carbocycles. The van der Waals surface area contributed by atoms with E-state index < -0.39 is 28.2 Å². The summed E-state index contributed by atoms with van der Waals surface area (Å²) in [5.41, 5.74) is 9.47. The second-order valence-electron chi connectivity index (χ2n) is 22.8. The molecule has 412 valence electrons. The standard InChI is InChI=1S/C68H72N4O6S2/c1-7-9-37-68(38-10-8-2)52-42-46(27-30-53(52)70(39-35-60(74)75)59(68)26-18-25-57-66(3,4)62-50-23-16-14-21-47(50)29-32-55(62)71(57)40-36-61(76)77)41-49(73)44-72-64(78)56(80-65(72)79)33-34-58-67(5,43-45-19-12-11-13-20-45)63-51-24-17-15-22-48(51)28-31-54(63)69(58)6/h11-34,42,59H,7-10,35-41,43-44H2,1-6H3,(H,74,75)(H,76,77)/b26-18+,56-33+,57-25+,58-34-. The number of carbonyl (C=O) groups excluding carboxylic acids is 2. The van der Waals surface area contributed by atoms with E-state index in [4.69, 9.17) is 12.2 Å². The lowest BCUT2D eigenvalue weighted by Crippen LogP contribution is -2.44. The van der Waals surface area contributed by atoms with Crippen molar-refractivity contribution in [2.45, 2.75) is 121 Å². The summed E-state index contributed by atoms with van der Waals surface area (Å²) >= 11 is 7.07. The van der Waals surface area contributed by atoms with Gasteiger partial charge in [-0.3, -0.25) is 24.1 Å². The van der Waals surface area contributed by atoms with Crippen molar-refractivity contribution in [2.75, 3.05) is 41.4 Å². The zero-order valence-electron chi connectivity index (χ0n) is 46.8. The number of thiocarbonyl (C=S) groups is 1. The fraction of sp³-hybridized carbons (Fsp3) is 0.338. The van der Waals surface area contributed by atoms with Crippen molar-refractivity contribution in [3.63, 3.8) is 0 Å². The molecule has 12 heteroatoms. The van der Waals surface area contributed by atoms with Gasteiger partial charge in [0.1, 0.15) is 4.32 Å². The molecule has 4 aliphatic rings. The maximum atomic E-state index is 14.3. The number of allylic oxidation sites excluding steroid dienone is 6. The summed E-state index contributed by atoms with van der Waals surface area (Å²) in [6.45, 7) is 11.5. The minimum absolute atomic E-state index is 0.0235. The third-order valence-corrected chi connectivity index (χ3v) is 18.7. The van der Waals surface area contributed by atoms with Crippen molar-refractivity contribution in [1.29, 1.82) is 0 Å². The number of hydrogen-bond donors (Lipinski definition) is 2. The molecule has 0 bridgehead atoms. The van der Waals surface area contributed by atoms with Gasteiger partial charge in [-0.1, -0.05) is 193 Å². The number of aliphatic carboxylic acids is 2. The molecule has 1 fully saturated rings. The Kier molecular flexibility index (Phi) is 16.1. The Morgan fingerprint density at radius 2 is 1.29 bits per heavy atom. The minimum atomic E-state index is -0.876. The van der Waals surface area contributed by atoms with Crippen LogP contribution in [-0.2, 0) is 48.3 Å². The van der Waals surface area contributed by atoms with Gasteiger partial charge in [0.15, 0.2) is 5.78 Å².